The van der Waals surface area contributed by atoms with Crippen LogP contribution in [-0.2, 0) is 24.4 Å². The van der Waals surface area contributed by atoms with Gasteiger partial charge in [0.15, 0.2) is 0 Å². The summed E-state index contributed by atoms with van der Waals surface area (Å²) in [6, 6.07) is 12.5. The number of fused-ring (bicyclic) bond motifs is 2. The topological polar surface area (TPSA) is 50.5 Å². The van der Waals surface area contributed by atoms with Gasteiger partial charge in [0.25, 0.3) is 0 Å². The summed E-state index contributed by atoms with van der Waals surface area (Å²) in [4.78, 5) is 2.43. The second-order valence-electron chi connectivity index (χ2n) is 7.38. The van der Waals surface area contributed by atoms with Crippen LogP contribution in [0.2, 0.25) is 0 Å². The van der Waals surface area contributed by atoms with Crippen LogP contribution in [0, 0.1) is 0 Å². The quantitative estimate of drug-likeness (QED) is 0.785. The molecule has 0 amide bonds. The van der Waals surface area contributed by atoms with Crippen molar-refractivity contribution < 1.29 is 9.84 Å². The number of phenolic OH excluding ortho intramolecular Hbond substituents is 1. The molecule has 3 aromatic rings. The van der Waals surface area contributed by atoms with Crippen LogP contribution in [0.3, 0.4) is 0 Å². The summed E-state index contributed by atoms with van der Waals surface area (Å²) in [6.45, 7) is 4.33. The first-order valence-electron chi connectivity index (χ1n) is 9.34. The molecule has 0 radical (unpaired) electrons. The zero-order valence-electron chi connectivity index (χ0n) is 14.8. The van der Waals surface area contributed by atoms with Crippen LogP contribution in [0.25, 0.3) is 10.8 Å². The highest BCUT2D eigenvalue weighted by molar-refractivity contribution is 5.87. The fourth-order valence-electron chi connectivity index (χ4n) is 4.34. The standard InChI is InChI=1S/C21H23N3O2/c25-19-9-15-3-1-2-4-20(15)16(10-19)12-23-13-17-11-22-24(21(17)14-23)18-5-7-26-8-6-18/h1-4,9-11,18,25H,5-8,12-14H2. The monoisotopic (exact) mass is 349 g/mol. The van der Waals surface area contributed by atoms with Crippen LogP contribution >= 0.6 is 0 Å². The molecule has 2 aliphatic heterocycles. The number of aromatic nitrogens is 2. The molecular weight excluding hydrogens is 326 g/mol. The number of nitrogens with zero attached hydrogens (tertiary/aromatic N) is 3. The SMILES string of the molecule is Oc1cc(CN2Cc3cnn(C4CCOCC4)c3C2)c2ccccc2c1. The predicted molar refractivity (Wildman–Crippen MR) is 99.9 cm³/mol. The first kappa shape index (κ1) is 15.9. The van der Waals surface area contributed by atoms with E-state index in [1.807, 2.05) is 24.4 Å². The largest absolute Gasteiger partial charge is 0.508 e. The second-order valence-corrected chi connectivity index (χ2v) is 7.38. The molecule has 0 aliphatic carbocycles. The van der Waals surface area contributed by atoms with E-state index in [2.05, 4.69) is 32.9 Å². The van der Waals surface area contributed by atoms with E-state index in [-0.39, 0.29) is 0 Å². The maximum absolute atomic E-state index is 10.1. The minimum atomic E-state index is 0.337. The highest BCUT2D eigenvalue weighted by atomic mass is 16.5. The lowest BCUT2D eigenvalue weighted by atomic mass is 10.0. The molecule has 0 unspecified atom stereocenters. The van der Waals surface area contributed by atoms with Gasteiger partial charge in [0.1, 0.15) is 5.75 Å². The smallest absolute Gasteiger partial charge is 0.116 e. The lowest BCUT2D eigenvalue weighted by molar-refractivity contribution is 0.0649. The number of ether oxygens (including phenoxy) is 1. The molecule has 0 atom stereocenters. The summed E-state index contributed by atoms with van der Waals surface area (Å²) in [5.74, 6) is 0.337. The summed E-state index contributed by atoms with van der Waals surface area (Å²) in [6.07, 6.45) is 4.13. The zero-order valence-corrected chi connectivity index (χ0v) is 14.8. The van der Waals surface area contributed by atoms with E-state index < -0.39 is 0 Å². The van der Waals surface area contributed by atoms with Gasteiger partial charge in [-0.15, -0.1) is 0 Å². The molecule has 2 aromatic carbocycles. The fourth-order valence-corrected chi connectivity index (χ4v) is 4.34. The lowest BCUT2D eigenvalue weighted by Crippen LogP contribution is -2.23. The van der Waals surface area contributed by atoms with Gasteiger partial charge >= 0.3 is 0 Å². The molecule has 134 valence electrons. The third kappa shape index (κ3) is 2.77. The van der Waals surface area contributed by atoms with E-state index in [1.54, 1.807) is 0 Å². The number of aromatic hydroxyl groups is 1. The van der Waals surface area contributed by atoms with Gasteiger partial charge < -0.3 is 9.84 Å². The summed E-state index contributed by atoms with van der Waals surface area (Å²) in [7, 11) is 0. The summed E-state index contributed by atoms with van der Waals surface area (Å²) in [5.41, 5.74) is 3.86. The Labute approximate surface area is 152 Å². The molecular formula is C21H23N3O2. The molecule has 3 heterocycles. The van der Waals surface area contributed by atoms with Crippen molar-refractivity contribution in [3.63, 3.8) is 0 Å². The average molecular weight is 349 g/mol. The summed E-state index contributed by atoms with van der Waals surface area (Å²) < 4.78 is 7.73. The van der Waals surface area contributed by atoms with Gasteiger partial charge in [-0.05, 0) is 41.3 Å². The molecule has 0 bridgehead atoms. The third-order valence-electron chi connectivity index (χ3n) is 5.62. The fraction of sp³-hybridized carbons (Fsp3) is 0.381. The predicted octanol–water partition coefficient (Wildman–Crippen LogP) is 3.61. The van der Waals surface area contributed by atoms with Crippen LogP contribution in [0.4, 0.5) is 0 Å². The Bertz CT molecular complexity index is 944. The van der Waals surface area contributed by atoms with Crippen molar-refractivity contribution in [1.29, 1.82) is 0 Å². The molecule has 0 saturated carbocycles. The summed E-state index contributed by atoms with van der Waals surface area (Å²) >= 11 is 0. The third-order valence-corrected chi connectivity index (χ3v) is 5.62. The molecule has 2 aliphatic rings. The van der Waals surface area contributed by atoms with Crippen molar-refractivity contribution in [3.8, 4) is 5.75 Å². The lowest BCUT2D eigenvalue weighted by Gasteiger charge is -2.24. The van der Waals surface area contributed by atoms with Crippen LogP contribution in [0.5, 0.6) is 5.75 Å². The van der Waals surface area contributed by atoms with Crippen molar-refractivity contribution in [3.05, 3.63) is 59.4 Å². The Morgan fingerprint density at radius 2 is 1.96 bits per heavy atom. The first-order valence-corrected chi connectivity index (χ1v) is 9.34. The van der Waals surface area contributed by atoms with E-state index in [1.165, 1.54) is 22.2 Å². The molecule has 5 heteroatoms. The number of hydrogen-bond donors (Lipinski definition) is 1. The van der Waals surface area contributed by atoms with Gasteiger partial charge in [0, 0.05) is 38.4 Å². The Morgan fingerprint density at radius 3 is 2.85 bits per heavy atom. The van der Waals surface area contributed by atoms with Crippen molar-refractivity contribution in [2.45, 2.75) is 38.5 Å². The number of hydrogen-bond acceptors (Lipinski definition) is 4. The number of phenols is 1. The van der Waals surface area contributed by atoms with Crippen molar-refractivity contribution in [2.75, 3.05) is 13.2 Å². The molecule has 1 N–H and O–H groups in total. The van der Waals surface area contributed by atoms with E-state index in [0.717, 1.165) is 51.1 Å². The normalized spacial score (nSPS) is 18.5. The average Bonchev–Trinajstić information content (AvgIpc) is 3.22. The molecule has 5 nitrogen and oxygen atoms in total. The van der Waals surface area contributed by atoms with Gasteiger partial charge in [-0.2, -0.15) is 5.10 Å². The molecule has 5 rings (SSSR count). The van der Waals surface area contributed by atoms with Crippen LogP contribution in [0.15, 0.2) is 42.6 Å². The molecule has 26 heavy (non-hydrogen) atoms. The first-order chi connectivity index (χ1) is 12.8. The zero-order chi connectivity index (χ0) is 17.5. The second kappa shape index (κ2) is 6.41. The number of benzene rings is 2. The molecule has 0 spiro atoms. The van der Waals surface area contributed by atoms with E-state index in [9.17, 15) is 5.11 Å². The van der Waals surface area contributed by atoms with Crippen molar-refractivity contribution in [1.82, 2.24) is 14.7 Å². The van der Waals surface area contributed by atoms with Gasteiger partial charge in [0.2, 0.25) is 0 Å². The molecule has 1 fully saturated rings. The number of rotatable bonds is 3. The Morgan fingerprint density at radius 1 is 1.12 bits per heavy atom. The Kier molecular flexibility index (Phi) is 3.91. The van der Waals surface area contributed by atoms with Gasteiger partial charge in [-0.1, -0.05) is 24.3 Å². The van der Waals surface area contributed by atoms with Gasteiger partial charge in [-0.3, -0.25) is 9.58 Å². The van der Waals surface area contributed by atoms with E-state index >= 15 is 0 Å². The van der Waals surface area contributed by atoms with Crippen LogP contribution in [-0.4, -0.2) is 33.0 Å². The highest BCUT2D eigenvalue weighted by Crippen LogP contribution is 2.32. The summed E-state index contributed by atoms with van der Waals surface area (Å²) in [5, 5.41) is 17.1. The van der Waals surface area contributed by atoms with E-state index in [0.29, 0.717) is 11.8 Å². The van der Waals surface area contributed by atoms with Crippen molar-refractivity contribution >= 4 is 10.8 Å². The minimum Gasteiger partial charge on any atom is -0.508 e. The molecule has 1 aromatic heterocycles. The molecule has 1 saturated heterocycles. The maximum Gasteiger partial charge on any atom is 0.116 e. The Hall–Kier alpha value is -2.37. The van der Waals surface area contributed by atoms with Crippen LogP contribution < -0.4 is 0 Å². The Balaban J connectivity index is 1.39. The highest BCUT2D eigenvalue weighted by Gasteiger charge is 2.27. The van der Waals surface area contributed by atoms with Crippen molar-refractivity contribution in [2.24, 2.45) is 0 Å². The minimum absolute atomic E-state index is 0.337. The van der Waals surface area contributed by atoms with E-state index in [4.69, 9.17) is 4.74 Å². The van der Waals surface area contributed by atoms with Gasteiger partial charge in [-0.25, -0.2) is 0 Å². The maximum atomic E-state index is 10.1. The van der Waals surface area contributed by atoms with Crippen LogP contribution in [0.1, 0.15) is 35.7 Å². The van der Waals surface area contributed by atoms with Gasteiger partial charge in [0.05, 0.1) is 17.9 Å².